The smallest absolute Gasteiger partial charge is 0.164 e. The van der Waals surface area contributed by atoms with E-state index in [4.69, 9.17) is 15.0 Å². The van der Waals surface area contributed by atoms with E-state index in [0.717, 1.165) is 55.7 Å². The number of aromatic nitrogens is 4. The first kappa shape index (κ1) is 34.3. The van der Waals surface area contributed by atoms with E-state index in [9.17, 15) is 0 Å². The van der Waals surface area contributed by atoms with E-state index in [1.54, 1.807) is 0 Å². The maximum absolute atomic E-state index is 5.23. The highest BCUT2D eigenvalue weighted by Crippen LogP contribution is 2.39. The molecule has 2 aromatic heterocycles. The molecule has 59 heavy (non-hydrogen) atoms. The molecule has 0 aliphatic carbocycles. The molecule has 4 heteroatoms. The number of hydrogen-bond acceptors (Lipinski definition) is 3. The largest absolute Gasteiger partial charge is 0.309 e. The van der Waals surface area contributed by atoms with Gasteiger partial charge < -0.3 is 4.57 Å². The third-order valence-corrected chi connectivity index (χ3v) is 11.3. The van der Waals surface area contributed by atoms with Gasteiger partial charge in [-0.2, -0.15) is 0 Å². The molecule has 0 amide bonds. The fourth-order valence-electron chi connectivity index (χ4n) is 8.29. The second-order valence-corrected chi connectivity index (χ2v) is 14.9. The molecule has 2 heterocycles. The molecule has 0 bridgehead atoms. The van der Waals surface area contributed by atoms with Gasteiger partial charge in [-0.3, -0.25) is 0 Å². The van der Waals surface area contributed by atoms with Crippen LogP contribution in [0.3, 0.4) is 0 Å². The molecule has 0 unspecified atom stereocenters. The van der Waals surface area contributed by atoms with Gasteiger partial charge in [-0.25, -0.2) is 15.0 Å². The van der Waals surface area contributed by atoms with Crippen molar-refractivity contribution in [2.24, 2.45) is 0 Å². The second kappa shape index (κ2) is 14.5. The minimum Gasteiger partial charge on any atom is -0.309 e. The van der Waals surface area contributed by atoms with Crippen molar-refractivity contribution in [1.82, 2.24) is 19.5 Å². The summed E-state index contributed by atoms with van der Waals surface area (Å²) >= 11 is 0. The zero-order valence-corrected chi connectivity index (χ0v) is 32.1. The third-order valence-electron chi connectivity index (χ3n) is 11.3. The van der Waals surface area contributed by atoms with E-state index < -0.39 is 0 Å². The van der Waals surface area contributed by atoms with Gasteiger partial charge in [-0.05, 0) is 62.9 Å². The van der Waals surface area contributed by atoms with Crippen molar-refractivity contribution in [2.45, 2.75) is 0 Å². The first-order chi connectivity index (χ1) is 29.2. The minimum absolute atomic E-state index is 0.608. The van der Waals surface area contributed by atoms with E-state index in [0.29, 0.717) is 17.5 Å². The minimum atomic E-state index is 0.608. The van der Waals surface area contributed by atoms with Crippen molar-refractivity contribution in [3.8, 4) is 73.2 Å². The molecule has 276 valence electrons. The lowest BCUT2D eigenvalue weighted by atomic mass is 9.98. The van der Waals surface area contributed by atoms with Crippen LogP contribution in [0.1, 0.15) is 0 Å². The van der Waals surface area contributed by atoms with Gasteiger partial charge in [-0.15, -0.1) is 0 Å². The highest BCUT2D eigenvalue weighted by atomic mass is 15.0. The summed E-state index contributed by atoms with van der Waals surface area (Å²) in [6.07, 6.45) is 0. The predicted molar refractivity (Wildman–Crippen MR) is 244 cm³/mol. The number of para-hydroxylation sites is 2. The normalized spacial score (nSPS) is 11.4. The first-order valence-electron chi connectivity index (χ1n) is 19.9. The maximum Gasteiger partial charge on any atom is 0.164 e. The fourth-order valence-corrected chi connectivity index (χ4v) is 8.29. The van der Waals surface area contributed by atoms with Crippen LogP contribution in [-0.4, -0.2) is 19.5 Å². The Balaban J connectivity index is 1.11. The molecule has 0 radical (unpaired) electrons. The summed E-state index contributed by atoms with van der Waals surface area (Å²) in [5, 5.41) is 4.83. The van der Waals surface area contributed by atoms with Crippen LogP contribution in [0.25, 0.3) is 106 Å². The molecule has 0 aliphatic rings. The third kappa shape index (κ3) is 6.34. The Bertz CT molecular complexity index is 3140. The number of fused-ring (bicyclic) bond motifs is 4. The average Bonchev–Trinajstić information content (AvgIpc) is 3.66. The summed E-state index contributed by atoms with van der Waals surface area (Å²) in [6, 6.07) is 77.1. The van der Waals surface area contributed by atoms with Crippen LogP contribution < -0.4 is 0 Å². The van der Waals surface area contributed by atoms with Crippen molar-refractivity contribution in [2.75, 3.05) is 0 Å². The molecule has 0 atom stereocenters. The van der Waals surface area contributed by atoms with Crippen molar-refractivity contribution >= 4 is 32.6 Å². The zero-order chi connectivity index (χ0) is 39.1. The van der Waals surface area contributed by atoms with E-state index in [1.807, 2.05) is 12.1 Å². The van der Waals surface area contributed by atoms with E-state index >= 15 is 0 Å². The summed E-state index contributed by atoms with van der Waals surface area (Å²) in [4.78, 5) is 15.6. The average molecular weight is 753 g/mol. The first-order valence-corrected chi connectivity index (χ1v) is 19.9. The van der Waals surface area contributed by atoms with Crippen molar-refractivity contribution in [3.63, 3.8) is 0 Å². The van der Waals surface area contributed by atoms with Crippen LogP contribution in [0.15, 0.2) is 218 Å². The van der Waals surface area contributed by atoms with Gasteiger partial charge in [-0.1, -0.05) is 194 Å². The maximum atomic E-state index is 5.23. The van der Waals surface area contributed by atoms with Crippen LogP contribution in [-0.2, 0) is 0 Å². The van der Waals surface area contributed by atoms with Crippen LogP contribution in [0.2, 0.25) is 0 Å². The Hall–Kier alpha value is -7.95. The molecule has 0 N–H and O–H groups in total. The van der Waals surface area contributed by atoms with Crippen LogP contribution >= 0.6 is 0 Å². The van der Waals surface area contributed by atoms with Crippen molar-refractivity contribution in [3.05, 3.63) is 218 Å². The number of hydrogen-bond donors (Lipinski definition) is 0. The van der Waals surface area contributed by atoms with Crippen LogP contribution in [0.4, 0.5) is 0 Å². The van der Waals surface area contributed by atoms with Crippen molar-refractivity contribution < 1.29 is 0 Å². The van der Waals surface area contributed by atoms with E-state index in [1.165, 1.54) is 32.7 Å². The van der Waals surface area contributed by atoms with E-state index in [2.05, 4.69) is 211 Å². The van der Waals surface area contributed by atoms with E-state index in [-0.39, 0.29) is 0 Å². The highest BCUT2D eigenvalue weighted by Gasteiger charge is 2.19. The van der Waals surface area contributed by atoms with Gasteiger partial charge in [0.05, 0.1) is 16.7 Å². The lowest BCUT2D eigenvalue weighted by molar-refractivity contribution is 1.07. The van der Waals surface area contributed by atoms with Crippen LogP contribution in [0.5, 0.6) is 0 Å². The molecule has 0 saturated heterocycles. The van der Waals surface area contributed by atoms with Gasteiger partial charge in [0.1, 0.15) is 0 Å². The Morgan fingerprint density at radius 3 is 1.24 bits per heavy atom. The predicted octanol–water partition coefficient (Wildman–Crippen LogP) is 14.1. The summed E-state index contributed by atoms with van der Waals surface area (Å²) in [7, 11) is 0. The lowest BCUT2D eigenvalue weighted by Crippen LogP contribution is -2.02. The monoisotopic (exact) mass is 752 g/mol. The zero-order valence-electron chi connectivity index (χ0n) is 32.1. The molecule has 0 fully saturated rings. The van der Waals surface area contributed by atoms with Gasteiger partial charge >= 0.3 is 0 Å². The highest BCUT2D eigenvalue weighted by molar-refractivity contribution is 6.10. The van der Waals surface area contributed by atoms with Gasteiger partial charge in [0.2, 0.25) is 0 Å². The molecule has 9 aromatic carbocycles. The van der Waals surface area contributed by atoms with Gasteiger partial charge in [0, 0.05) is 33.0 Å². The Kier molecular flexibility index (Phi) is 8.45. The van der Waals surface area contributed by atoms with Crippen molar-refractivity contribution in [1.29, 1.82) is 0 Å². The molecular weight excluding hydrogens is 717 g/mol. The standard InChI is InChI=1S/C55H36N4/c1-3-13-37(14-4-1)40-23-28-42(29-24-40)53-56-54(43-30-25-41(26-31-43)38-15-5-2-6-16-38)58-55(57-53)46-33-34-47(45-32-27-39-17-7-8-18-44(39)35-45)52(36-46)59-50-21-11-9-19-48(50)49-20-10-12-22-51(49)59/h1-36H. The summed E-state index contributed by atoms with van der Waals surface area (Å²) in [6.45, 7) is 0. The number of benzene rings is 9. The number of nitrogens with zero attached hydrogens (tertiary/aromatic N) is 4. The summed E-state index contributed by atoms with van der Waals surface area (Å²) in [5.74, 6) is 1.85. The molecular formula is C55H36N4. The van der Waals surface area contributed by atoms with Gasteiger partial charge in [0.15, 0.2) is 17.5 Å². The molecule has 0 saturated carbocycles. The topological polar surface area (TPSA) is 43.6 Å². The Labute approximate surface area is 342 Å². The molecule has 11 aromatic rings. The fraction of sp³-hybridized carbons (Fsp3) is 0. The molecule has 0 spiro atoms. The summed E-state index contributed by atoms with van der Waals surface area (Å²) in [5.41, 5.74) is 12.9. The SMILES string of the molecule is c1ccc(-c2ccc(-c3nc(-c4ccc(-c5ccccc5)cc4)nc(-c4ccc(-c5ccc6ccccc6c5)c(-n5c6ccccc6c6ccccc65)c4)n3)cc2)cc1. The summed E-state index contributed by atoms with van der Waals surface area (Å²) < 4.78 is 2.40. The molecule has 11 rings (SSSR count). The Morgan fingerprint density at radius 1 is 0.271 bits per heavy atom. The number of rotatable bonds is 7. The lowest BCUT2D eigenvalue weighted by Gasteiger charge is -2.17. The second-order valence-electron chi connectivity index (χ2n) is 14.9. The van der Waals surface area contributed by atoms with Crippen LogP contribution in [0, 0.1) is 0 Å². The van der Waals surface area contributed by atoms with Gasteiger partial charge in [0.25, 0.3) is 0 Å². The quantitative estimate of drug-likeness (QED) is 0.163. The molecule has 0 aliphatic heterocycles. The Morgan fingerprint density at radius 2 is 0.678 bits per heavy atom. The molecule has 4 nitrogen and oxygen atoms in total.